The third kappa shape index (κ3) is 2.08. The van der Waals surface area contributed by atoms with Crippen LogP contribution in [0.25, 0.3) is 0 Å². The SMILES string of the molecule is Cc1[nH]cnc1C(C#N)N1CCN(C)CC1. The molecule has 1 atom stereocenters. The van der Waals surface area contributed by atoms with Crippen molar-refractivity contribution < 1.29 is 0 Å². The third-order valence-electron chi connectivity index (χ3n) is 3.15. The van der Waals surface area contributed by atoms with E-state index < -0.39 is 0 Å². The quantitative estimate of drug-likeness (QED) is 0.788. The van der Waals surface area contributed by atoms with Crippen LogP contribution in [0.15, 0.2) is 6.33 Å². The van der Waals surface area contributed by atoms with E-state index in [-0.39, 0.29) is 6.04 Å². The van der Waals surface area contributed by atoms with Crippen molar-refractivity contribution in [3.8, 4) is 6.07 Å². The van der Waals surface area contributed by atoms with Crippen LogP contribution in [-0.2, 0) is 0 Å². The second-order valence-corrected chi connectivity index (χ2v) is 4.28. The summed E-state index contributed by atoms with van der Waals surface area (Å²) in [6.07, 6.45) is 1.66. The molecule has 0 aliphatic carbocycles. The van der Waals surface area contributed by atoms with Crippen molar-refractivity contribution in [3.63, 3.8) is 0 Å². The standard InChI is InChI=1S/C11H17N5/c1-9-11(14-8-13-9)10(7-12)16-5-3-15(2)4-6-16/h8,10H,3-6H2,1-2H3,(H,13,14). The Balaban J connectivity index is 2.12. The largest absolute Gasteiger partial charge is 0.348 e. The number of nitrogens with zero attached hydrogens (tertiary/aromatic N) is 4. The van der Waals surface area contributed by atoms with Crippen molar-refractivity contribution in [2.24, 2.45) is 0 Å². The maximum atomic E-state index is 9.28. The lowest BCUT2D eigenvalue weighted by Crippen LogP contribution is -2.45. The Bertz CT molecular complexity index is 383. The molecule has 0 radical (unpaired) electrons. The minimum Gasteiger partial charge on any atom is -0.348 e. The van der Waals surface area contributed by atoms with Crippen molar-refractivity contribution in [2.75, 3.05) is 33.2 Å². The number of rotatable bonds is 2. The first kappa shape index (κ1) is 11.1. The predicted molar refractivity (Wildman–Crippen MR) is 60.7 cm³/mol. The van der Waals surface area contributed by atoms with Gasteiger partial charge in [0.15, 0.2) is 0 Å². The zero-order valence-corrected chi connectivity index (χ0v) is 9.77. The van der Waals surface area contributed by atoms with Crippen LogP contribution in [-0.4, -0.2) is 53.0 Å². The Kier molecular flexibility index (Phi) is 3.22. The molecule has 1 aromatic rings. The maximum Gasteiger partial charge on any atom is 0.142 e. The van der Waals surface area contributed by atoms with E-state index in [1.807, 2.05) is 6.92 Å². The van der Waals surface area contributed by atoms with Gasteiger partial charge in [0.25, 0.3) is 0 Å². The van der Waals surface area contributed by atoms with Gasteiger partial charge in [-0.1, -0.05) is 0 Å². The summed E-state index contributed by atoms with van der Waals surface area (Å²) in [5, 5.41) is 9.28. The highest BCUT2D eigenvalue weighted by Gasteiger charge is 2.26. The number of imidazole rings is 1. The molecule has 2 heterocycles. The van der Waals surface area contributed by atoms with E-state index in [1.165, 1.54) is 0 Å². The number of hydrogen-bond donors (Lipinski definition) is 1. The molecule has 5 nitrogen and oxygen atoms in total. The normalized spacial score (nSPS) is 20.6. The molecular formula is C11H17N5. The van der Waals surface area contributed by atoms with Gasteiger partial charge in [0, 0.05) is 31.9 Å². The van der Waals surface area contributed by atoms with Gasteiger partial charge in [-0.05, 0) is 14.0 Å². The van der Waals surface area contributed by atoms with E-state index in [0.29, 0.717) is 0 Å². The fourth-order valence-electron chi connectivity index (χ4n) is 2.04. The van der Waals surface area contributed by atoms with Gasteiger partial charge in [0.05, 0.1) is 18.1 Å². The number of aromatic nitrogens is 2. The second-order valence-electron chi connectivity index (χ2n) is 4.28. The van der Waals surface area contributed by atoms with Crippen LogP contribution in [0.1, 0.15) is 17.4 Å². The van der Waals surface area contributed by atoms with E-state index in [4.69, 9.17) is 0 Å². The molecule has 1 aliphatic heterocycles. The van der Waals surface area contributed by atoms with Gasteiger partial charge >= 0.3 is 0 Å². The molecule has 0 amide bonds. The summed E-state index contributed by atoms with van der Waals surface area (Å²) in [6.45, 7) is 5.86. The third-order valence-corrected chi connectivity index (χ3v) is 3.15. The van der Waals surface area contributed by atoms with Crippen molar-refractivity contribution in [1.82, 2.24) is 19.8 Å². The van der Waals surface area contributed by atoms with E-state index in [1.54, 1.807) is 6.33 Å². The van der Waals surface area contributed by atoms with Crippen molar-refractivity contribution in [1.29, 1.82) is 5.26 Å². The monoisotopic (exact) mass is 219 g/mol. The van der Waals surface area contributed by atoms with Crippen molar-refractivity contribution in [2.45, 2.75) is 13.0 Å². The number of aromatic amines is 1. The van der Waals surface area contributed by atoms with Gasteiger partial charge in [-0.3, -0.25) is 4.90 Å². The molecule has 1 aromatic heterocycles. The molecule has 5 heteroatoms. The summed E-state index contributed by atoms with van der Waals surface area (Å²) in [5.74, 6) is 0. The molecule has 16 heavy (non-hydrogen) atoms. The average molecular weight is 219 g/mol. The molecule has 0 saturated carbocycles. The molecule has 0 spiro atoms. The minimum atomic E-state index is -0.208. The Morgan fingerprint density at radius 1 is 1.44 bits per heavy atom. The molecular weight excluding hydrogens is 202 g/mol. The maximum absolute atomic E-state index is 9.28. The van der Waals surface area contributed by atoms with Crippen LogP contribution in [0.5, 0.6) is 0 Å². The zero-order valence-electron chi connectivity index (χ0n) is 9.77. The van der Waals surface area contributed by atoms with Gasteiger partial charge in [0.2, 0.25) is 0 Å². The molecule has 0 aromatic carbocycles. The van der Waals surface area contributed by atoms with Gasteiger partial charge in [0.1, 0.15) is 6.04 Å². The van der Waals surface area contributed by atoms with Gasteiger partial charge in [-0.15, -0.1) is 0 Å². The Labute approximate surface area is 95.7 Å². The summed E-state index contributed by atoms with van der Waals surface area (Å²) in [7, 11) is 2.11. The molecule has 1 unspecified atom stereocenters. The topological polar surface area (TPSA) is 59.0 Å². The Morgan fingerprint density at radius 2 is 2.12 bits per heavy atom. The smallest absolute Gasteiger partial charge is 0.142 e. The molecule has 86 valence electrons. The van der Waals surface area contributed by atoms with E-state index in [2.05, 4.69) is 32.9 Å². The highest BCUT2D eigenvalue weighted by Crippen LogP contribution is 2.21. The van der Waals surface area contributed by atoms with Gasteiger partial charge < -0.3 is 9.88 Å². The molecule has 2 rings (SSSR count). The summed E-state index contributed by atoms with van der Waals surface area (Å²) < 4.78 is 0. The lowest BCUT2D eigenvalue weighted by atomic mass is 10.1. The number of H-pyrrole nitrogens is 1. The molecule has 1 N–H and O–H groups in total. The first-order chi connectivity index (χ1) is 7.72. The highest BCUT2D eigenvalue weighted by atomic mass is 15.3. The lowest BCUT2D eigenvalue weighted by molar-refractivity contribution is 0.131. The number of aryl methyl sites for hydroxylation is 1. The van der Waals surface area contributed by atoms with Crippen LogP contribution in [0, 0.1) is 18.3 Å². The first-order valence-corrected chi connectivity index (χ1v) is 5.54. The number of likely N-dealkylation sites (N-methyl/N-ethyl adjacent to an activating group) is 1. The van der Waals surface area contributed by atoms with Crippen LogP contribution in [0.3, 0.4) is 0 Å². The average Bonchev–Trinajstić information content (AvgIpc) is 2.69. The molecule has 1 aliphatic rings. The fraction of sp³-hybridized carbons (Fsp3) is 0.636. The number of nitrogens with one attached hydrogen (secondary N) is 1. The number of piperazine rings is 1. The molecule has 1 saturated heterocycles. The summed E-state index contributed by atoms with van der Waals surface area (Å²) in [5.41, 5.74) is 1.86. The predicted octanol–water partition coefficient (Wildman–Crippen LogP) is 0.530. The fourth-order valence-corrected chi connectivity index (χ4v) is 2.04. The van der Waals surface area contributed by atoms with Crippen molar-refractivity contribution >= 4 is 0 Å². The summed E-state index contributed by atoms with van der Waals surface area (Å²) in [4.78, 5) is 11.8. The van der Waals surface area contributed by atoms with Gasteiger partial charge in [-0.2, -0.15) is 5.26 Å². The summed E-state index contributed by atoms with van der Waals surface area (Å²) in [6, 6.07) is 2.15. The number of nitriles is 1. The number of hydrogen-bond acceptors (Lipinski definition) is 4. The Hall–Kier alpha value is -1.38. The summed E-state index contributed by atoms with van der Waals surface area (Å²) >= 11 is 0. The van der Waals surface area contributed by atoms with Crippen molar-refractivity contribution in [3.05, 3.63) is 17.7 Å². The van der Waals surface area contributed by atoms with Crippen LogP contribution in [0.2, 0.25) is 0 Å². The zero-order chi connectivity index (χ0) is 11.5. The van der Waals surface area contributed by atoms with Crippen LogP contribution < -0.4 is 0 Å². The molecule has 1 fully saturated rings. The molecule has 0 bridgehead atoms. The second kappa shape index (κ2) is 4.64. The van der Waals surface area contributed by atoms with E-state index >= 15 is 0 Å². The lowest BCUT2D eigenvalue weighted by Gasteiger charge is -2.34. The Morgan fingerprint density at radius 3 is 2.62 bits per heavy atom. The first-order valence-electron chi connectivity index (χ1n) is 5.54. The minimum absolute atomic E-state index is 0.208. The van der Waals surface area contributed by atoms with E-state index in [0.717, 1.165) is 37.6 Å². The van der Waals surface area contributed by atoms with Crippen LogP contribution in [0.4, 0.5) is 0 Å². The van der Waals surface area contributed by atoms with E-state index in [9.17, 15) is 5.26 Å². The highest BCUT2D eigenvalue weighted by molar-refractivity contribution is 5.20. The van der Waals surface area contributed by atoms with Gasteiger partial charge in [-0.25, -0.2) is 4.98 Å². The van der Waals surface area contributed by atoms with Crippen LogP contribution >= 0.6 is 0 Å².